The summed E-state index contributed by atoms with van der Waals surface area (Å²) in [6, 6.07) is 17.8. The van der Waals surface area contributed by atoms with Crippen molar-refractivity contribution in [2.24, 2.45) is 11.8 Å². The molecule has 2 rings (SSSR count). The number of carboxylic acid groups (broad SMARTS) is 1. The van der Waals surface area contributed by atoms with Gasteiger partial charge in [-0.1, -0.05) is 62.4 Å². The maximum atomic E-state index is 12.3. The maximum Gasteiger partial charge on any atom is 0.326 e. The summed E-state index contributed by atoms with van der Waals surface area (Å²) in [5.74, 6) is -0.867. The minimum atomic E-state index is -0.997. The molecule has 0 fully saturated rings. The molecule has 2 aromatic carbocycles. The van der Waals surface area contributed by atoms with Crippen molar-refractivity contribution in [1.29, 1.82) is 0 Å². The van der Waals surface area contributed by atoms with Gasteiger partial charge in [0, 0.05) is 5.56 Å². The predicted octanol–water partition coefficient (Wildman–Crippen LogP) is 3.77. The fourth-order valence-electron chi connectivity index (χ4n) is 2.86. The number of nitrogens with one attached hydrogen (secondary N) is 1. The number of rotatable bonds is 8. The Morgan fingerprint density at radius 2 is 1.52 bits per heavy atom. The van der Waals surface area contributed by atoms with E-state index in [4.69, 9.17) is 0 Å². The van der Waals surface area contributed by atoms with Gasteiger partial charge in [0.25, 0.3) is 5.91 Å². The van der Waals surface area contributed by atoms with Crippen LogP contribution in [0.15, 0.2) is 60.7 Å². The van der Waals surface area contributed by atoms with Crippen molar-refractivity contribution >= 4 is 11.9 Å². The van der Waals surface area contributed by atoms with Crippen molar-refractivity contribution in [2.45, 2.75) is 32.7 Å². The summed E-state index contributed by atoms with van der Waals surface area (Å²) in [5.41, 5.74) is 1.65. The first kappa shape index (κ1) is 18.7. The van der Waals surface area contributed by atoms with Gasteiger partial charge in [-0.3, -0.25) is 4.79 Å². The fourth-order valence-corrected chi connectivity index (χ4v) is 2.86. The molecule has 0 spiro atoms. The molecule has 0 aliphatic heterocycles. The third-order valence-corrected chi connectivity index (χ3v) is 4.46. The van der Waals surface area contributed by atoms with E-state index in [0.717, 1.165) is 6.42 Å². The van der Waals surface area contributed by atoms with Gasteiger partial charge >= 0.3 is 5.97 Å². The fraction of sp³-hybridized carbons (Fsp3) is 0.333. The average molecular weight is 339 g/mol. The molecule has 0 saturated heterocycles. The van der Waals surface area contributed by atoms with Crippen molar-refractivity contribution in [1.82, 2.24) is 5.32 Å². The summed E-state index contributed by atoms with van der Waals surface area (Å²) in [6.07, 6.45) is 1.20. The lowest BCUT2D eigenvalue weighted by Crippen LogP contribution is -2.42. The van der Waals surface area contributed by atoms with Crippen LogP contribution in [0.5, 0.6) is 0 Å². The minimum Gasteiger partial charge on any atom is -0.480 e. The second-order valence-electron chi connectivity index (χ2n) is 6.66. The number of carbonyl (C=O) groups excluding carboxylic acids is 1. The van der Waals surface area contributed by atoms with Gasteiger partial charge in [0.1, 0.15) is 6.04 Å². The van der Waals surface area contributed by atoms with E-state index >= 15 is 0 Å². The van der Waals surface area contributed by atoms with Gasteiger partial charge < -0.3 is 10.4 Å². The zero-order chi connectivity index (χ0) is 18.2. The van der Waals surface area contributed by atoms with Gasteiger partial charge in [-0.05, 0) is 42.4 Å². The standard InChI is InChI=1S/C21H25NO3/c1-15(2)18(13-16-9-5-3-6-10-16)14-19(21(24)25)22-20(23)17-11-7-4-8-12-17/h3-12,15,18-19H,13-14H2,1-2H3,(H,22,23)(H,24,25)/t18?,19-/m1/s1. The maximum absolute atomic E-state index is 12.3. The van der Waals surface area contributed by atoms with Gasteiger partial charge in [-0.2, -0.15) is 0 Å². The van der Waals surface area contributed by atoms with E-state index in [1.807, 2.05) is 36.4 Å². The zero-order valence-electron chi connectivity index (χ0n) is 14.7. The number of carboxylic acids is 1. The van der Waals surface area contributed by atoms with Gasteiger partial charge in [-0.25, -0.2) is 4.79 Å². The molecule has 0 aliphatic rings. The second kappa shape index (κ2) is 9.02. The lowest BCUT2D eigenvalue weighted by atomic mass is 9.84. The predicted molar refractivity (Wildman–Crippen MR) is 98.4 cm³/mol. The van der Waals surface area contributed by atoms with Gasteiger partial charge in [0.05, 0.1) is 0 Å². The van der Waals surface area contributed by atoms with Crippen LogP contribution in [-0.2, 0) is 11.2 Å². The van der Waals surface area contributed by atoms with Crippen LogP contribution < -0.4 is 5.32 Å². The first-order valence-electron chi connectivity index (χ1n) is 8.60. The van der Waals surface area contributed by atoms with Crippen molar-refractivity contribution in [3.63, 3.8) is 0 Å². The number of benzene rings is 2. The molecule has 2 aromatic rings. The Labute approximate surface area is 148 Å². The Morgan fingerprint density at radius 1 is 0.960 bits per heavy atom. The van der Waals surface area contributed by atoms with E-state index in [2.05, 4.69) is 19.2 Å². The van der Waals surface area contributed by atoms with Crippen LogP contribution in [-0.4, -0.2) is 23.0 Å². The Hall–Kier alpha value is -2.62. The molecular formula is C21H25NO3. The lowest BCUT2D eigenvalue weighted by molar-refractivity contribution is -0.139. The highest BCUT2D eigenvalue weighted by Crippen LogP contribution is 2.23. The molecule has 1 amide bonds. The summed E-state index contributed by atoms with van der Waals surface area (Å²) in [6.45, 7) is 4.18. The molecule has 1 unspecified atom stereocenters. The quantitative estimate of drug-likeness (QED) is 0.769. The average Bonchev–Trinajstić information content (AvgIpc) is 2.61. The molecule has 0 aliphatic carbocycles. The molecule has 0 radical (unpaired) electrons. The topological polar surface area (TPSA) is 66.4 Å². The molecule has 2 atom stereocenters. The molecule has 4 nitrogen and oxygen atoms in total. The number of carbonyl (C=O) groups is 2. The highest BCUT2D eigenvalue weighted by Gasteiger charge is 2.26. The van der Waals surface area contributed by atoms with Crippen molar-refractivity contribution < 1.29 is 14.7 Å². The molecule has 0 heterocycles. The van der Waals surface area contributed by atoms with Crippen LogP contribution >= 0.6 is 0 Å². The molecule has 4 heteroatoms. The van der Waals surface area contributed by atoms with E-state index in [-0.39, 0.29) is 11.8 Å². The summed E-state index contributed by atoms with van der Waals surface area (Å²) < 4.78 is 0. The number of hydrogen-bond acceptors (Lipinski definition) is 2. The molecule has 2 N–H and O–H groups in total. The summed E-state index contributed by atoms with van der Waals surface area (Å²) >= 11 is 0. The van der Waals surface area contributed by atoms with E-state index < -0.39 is 12.0 Å². The van der Waals surface area contributed by atoms with Crippen LogP contribution in [0.3, 0.4) is 0 Å². The lowest BCUT2D eigenvalue weighted by Gasteiger charge is -2.25. The first-order valence-corrected chi connectivity index (χ1v) is 8.60. The van der Waals surface area contributed by atoms with Crippen LogP contribution in [0.2, 0.25) is 0 Å². The summed E-state index contributed by atoms with van der Waals surface area (Å²) in [7, 11) is 0. The van der Waals surface area contributed by atoms with E-state index in [0.29, 0.717) is 17.9 Å². The van der Waals surface area contributed by atoms with Crippen LogP contribution in [0, 0.1) is 11.8 Å². The first-order chi connectivity index (χ1) is 12.0. The Bertz CT molecular complexity index is 683. The molecule has 0 bridgehead atoms. The molecular weight excluding hydrogens is 314 g/mol. The van der Waals surface area contributed by atoms with E-state index in [9.17, 15) is 14.7 Å². The molecule has 25 heavy (non-hydrogen) atoms. The smallest absolute Gasteiger partial charge is 0.326 e. The highest BCUT2D eigenvalue weighted by atomic mass is 16.4. The number of hydrogen-bond donors (Lipinski definition) is 2. The SMILES string of the molecule is CC(C)C(Cc1ccccc1)C[C@@H](NC(=O)c1ccccc1)C(=O)O. The largest absolute Gasteiger partial charge is 0.480 e. The van der Waals surface area contributed by atoms with E-state index in [1.165, 1.54) is 5.56 Å². The van der Waals surface area contributed by atoms with Crippen LogP contribution in [0.25, 0.3) is 0 Å². The molecule has 132 valence electrons. The monoisotopic (exact) mass is 339 g/mol. The Morgan fingerprint density at radius 3 is 2.04 bits per heavy atom. The van der Waals surface area contributed by atoms with Crippen LogP contribution in [0.4, 0.5) is 0 Å². The number of aliphatic carboxylic acids is 1. The van der Waals surface area contributed by atoms with Crippen LogP contribution in [0.1, 0.15) is 36.2 Å². The van der Waals surface area contributed by atoms with E-state index in [1.54, 1.807) is 24.3 Å². The van der Waals surface area contributed by atoms with Gasteiger partial charge in [0.15, 0.2) is 0 Å². The van der Waals surface area contributed by atoms with Crippen molar-refractivity contribution in [3.8, 4) is 0 Å². The minimum absolute atomic E-state index is 0.166. The molecule has 0 saturated carbocycles. The summed E-state index contributed by atoms with van der Waals surface area (Å²) in [4.78, 5) is 24.0. The number of amides is 1. The van der Waals surface area contributed by atoms with Gasteiger partial charge in [-0.15, -0.1) is 0 Å². The van der Waals surface area contributed by atoms with Crippen molar-refractivity contribution in [2.75, 3.05) is 0 Å². The third-order valence-electron chi connectivity index (χ3n) is 4.46. The normalized spacial score (nSPS) is 13.2. The molecule has 0 aromatic heterocycles. The van der Waals surface area contributed by atoms with Crippen molar-refractivity contribution in [3.05, 3.63) is 71.8 Å². The third kappa shape index (κ3) is 5.75. The Balaban J connectivity index is 2.07. The van der Waals surface area contributed by atoms with Gasteiger partial charge in [0.2, 0.25) is 0 Å². The Kier molecular flexibility index (Phi) is 6.75. The summed E-state index contributed by atoms with van der Waals surface area (Å²) in [5, 5.41) is 12.2. The highest BCUT2D eigenvalue weighted by molar-refractivity contribution is 5.96. The zero-order valence-corrected chi connectivity index (χ0v) is 14.7. The second-order valence-corrected chi connectivity index (χ2v) is 6.66.